The monoisotopic (exact) mass is 197 g/mol. The Bertz CT molecular complexity index is 352. The first-order chi connectivity index (χ1) is 6.11. The third-order valence-electron chi connectivity index (χ3n) is 1.58. The van der Waals surface area contributed by atoms with E-state index in [2.05, 4.69) is 0 Å². The molecule has 0 aromatic heterocycles. The van der Waals surface area contributed by atoms with Crippen LogP contribution in [0, 0.1) is 5.41 Å². The molecule has 4 nitrogen and oxygen atoms in total. The minimum absolute atomic E-state index is 0.101. The van der Waals surface area contributed by atoms with Crippen molar-refractivity contribution in [3.8, 4) is 0 Å². The largest absolute Gasteiger partial charge is 0.772 e. The zero-order valence-corrected chi connectivity index (χ0v) is 7.64. The van der Waals surface area contributed by atoms with Gasteiger partial charge in [-0.05, 0) is 5.56 Å². The van der Waals surface area contributed by atoms with Gasteiger partial charge in [0.25, 0.3) is 0 Å². The van der Waals surface area contributed by atoms with Gasteiger partial charge in [-0.2, -0.15) is 0 Å². The van der Waals surface area contributed by atoms with E-state index < -0.39 is 11.1 Å². The van der Waals surface area contributed by atoms with Gasteiger partial charge in [-0.25, -0.2) is 0 Å². The molecule has 0 spiro atoms. The van der Waals surface area contributed by atoms with Crippen molar-refractivity contribution in [2.75, 3.05) is 0 Å². The van der Waals surface area contributed by atoms with Crippen LogP contribution in [-0.4, -0.2) is 14.6 Å². The van der Waals surface area contributed by atoms with E-state index >= 15 is 0 Å². The number of nitrogen functional groups attached to an aromatic ring is 1. The summed E-state index contributed by atoms with van der Waals surface area (Å²) in [7, 11) is 0. The van der Waals surface area contributed by atoms with Crippen LogP contribution in [-0.2, 0) is 16.8 Å². The fourth-order valence-electron chi connectivity index (χ4n) is 1.04. The second-order valence-electron chi connectivity index (χ2n) is 2.52. The third kappa shape index (κ3) is 2.64. The van der Waals surface area contributed by atoms with E-state index in [-0.39, 0.29) is 11.6 Å². The zero-order valence-electron chi connectivity index (χ0n) is 6.82. The smallest absolute Gasteiger partial charge is 0.123 e. The standard InChI is InChI=1S/C8H10N2O2S/c9-8(10)7-4-2-1-3-6(7)5-13(11)12/h1-4H,5H2,(H3,9,10)(H,11,12)/p-1. The molecule has 0 aliphatic rings. The Labute approximate surface area is 78.6 Å². The number of nitrogens with two attached hydrogens (primary N) is 1. The van der Waals surface area contributed by atoms with Crippen LogP contribution in [0.3, 0.4) is 0 Å². The average molecular weight is 197 g/mol. The molecule has 1 unspecified atom stereocenters. The van der Waals surface area contributed by atoms with Crippen LogP contribution < -0.4 is 5.73 Å². The molecule has 1 atom stereocenters. The average Bonchev–Trinajstić information content (AvgIpc) is 2.03. The summed E-state index contributed by atoms with van der Waals surface area (Å²) in [6, 6.07) is 6.71. The summed E-state index contributed by atoms with van der Waals surface area (Å²) in [6.07, 6.45) is 0. The van der Waals surface area contributed by atoms with E-state index in [1.165, 1.54) is 0 Å². The second kappa shape index (κ2) is 4.15. The highest BCUT2D eigenvalue weighted by Crippen LogP contribution is 2.09. The molecular formula is C8H9N2O2S-. The molecule has 1 rings (SSSR count). The Morgan fingerprint density at radius 3 is 2.69 bits per heavy atom. The molecule has 0 aliphatic heterocycles. The lowest BCUT2D eigenvalue weighted by Gasteiger charge is -2.09. The van der Waals surface area contributed by atoms with Crippen molar-refractivity contribution in [1.82, 2.24) is 0 Å². The molecule has 13 heavy (non-hydrogen) atoms. The molecule has 0 amide bonds. The van der Waals surface area contributed by atoms with Gasteiger partial charge in [-0.15, -0.1) is 0 Å². The van der Waals surface area contributed by atoms with Gasteiger partial charge in [0.05, 0.1) is 0 Å². The van der Waals surface area contributed by atoms with E-state index in [1.54, 1.807) is 24.3 Å². The van der Waals surface area contributed by atoms with Gasteiger partial charge in [0.1, 0.15) is 5.84 Å². The molecular weight excluding hydrogens is 188 g/mol. The maximum atomic E-state index is 10.4. The highest BCUT2D eigenvalue weighted by molar-refractivity contribution is 7.78. The highest BCUT2D eigenvalue weighted by atomic mass is 32.2. The first-order valence-corrected chi connectivity index (χ1v) is 4.84. The Morgan fingerprint density at radius 2 is 2.15 bits per heavy atom. The Hall–Kier alpha value is -1.20. The van der Waals surface area contributed by atoms with Crippen LogP contribution in [0.15, 0.2) is 24.3 Å². The van der Waals surface area contributed by atoms with Crippen molar-refractivity contribution < 1.29 is 8.76 Å². The predicted molar refractivity (Wildman–Crippen MR) is 50.1 cm³/mol. The Kier molecular flexibility index (Phi) is 3.16. The van der Waals surface area contributed by atoms with E-state index in [0.29, 0.717) is 11.1 Å². The van der Waals surface area contributed by atoms with Gasteiger partial charge in [-0.3, -0.25) is 9.62 Å². The molecule has 0 fully saturated rings. The van der Waals surface area contributed by atoms with E-state index in [9.17, 15) is 8.76 Å². The molecule has 0 aliphatic carbocycles. The molecule has 3 N–H and O–H groups in total. The van der Waals surface area contributed by atoms with Crippen molar-refractivity contribution in [2.45, 2.75) is 5.75 Å². The fraction of sp³-hybridized carbons (Fsp3) is 0.125. The van der Waals surface area contributed by atoms with Gasteiger partial charge in [0.2, 0.25) is 0 Å². The summed E-state index contributed by atoms with van der Waals surface area (Å²) in [5.41, 5.74) is 6.31. The summed E-state index contributed by atoms with van der Waals surface area (Å²) in [5.74, 6) is -0.212. The number of hydrogen-bond acceptors (Lipinski definition) is 3. The van der Waals surface area contributed by atoms with Crippen LogP contribution in [0.2, 0.25) is 0 Å². The second-order valence-corrected chi connectivity index (χ2v) is 3.42. The molecule has 0 bridgehead atoms. The summed E-state index contributed by atoms with van der Waals surface area (Å²) < 4.78 is 20.9. The van der Waals surface area contributed by atoms with Gasteiger partial charge < -0.3 is 10.3 Å². The van der Waals surface area contributed by atoms with Crippen molar-refractivity contribution in [2.24, 2.45) is 5.73 Å². The number of nitrogens with one attached hydrogen (secondary N) is 1. The van der Waals surface area contributed by atoms with Gasteiger partial charge in [-0.1, -0.05) is 35.3 Å². The Balaban J connectivity index is 3.04. The van der Waals surface area contributed by atoms with Crippen molar-refractivity contribution in [3.05, 3.63) is 35.4 Å². The van der Waals surface area contributed by atoms with E-state index in [1.807, 2.05) is 0 Å². The number of rotatable bonds is 3. The lowest BCUT2D eigenvalue weighted by atomic mass is 10.1. The number of hydrogen-bond donors (Lipinski definition) is 2. The first kappa shape index (κ1) is 9.88. The van der Waals surface area contributed by atoms with Crippen LogP contribution in [0.1, 0.15) is 11.1 Å². The van der Waals surface area contributed by atoms with Crippen molar-refractivity contribution in [3.63, 3.8) is 0 Å². The molecule has 1 aromatic carbocycles. The van der Waals surface area contributed by atoms with Gasteiger partial charge in [0.15, 0.2) is 0 Å². The molecule has 70 valence electrons. The maximum absolute atomic E-state index is 10.4. The molecule has 1 aromatic rings. The SMILES string of the molecule is N=C(N)c1ccccc1CS(=O)[O-]. The van der Waals surface area contributed by atoms with E-state index in [4.69, 9.17) is 11.1 Å². The number of amidine groups is 1. The fourth-order valence-corrected chi connectivity index (χ4v) is 1.54. The van der Waals surface area contributed by atoms with Crippen LogP contribution in [0.4, 0.5) is 0 Å². The summed E-state index contributed by atoms with van der Waals surface area (Å²) in [5, 5.41) is 7.20. The van der Waals surface area contributed by atoms with Gasteiger partial charge >= 0.3 is 0 Å². The van der Waals surface area contributed by atoms with Crippen molar-refractivity contribution in [1.29, 1.82) is 5.41 Å². The highest BCUT2D eigenvalue weighted by Gasteiger charge is 2.03. The molecule has 0 heterocycles. The maximum Gasteiger partial charge on any atom is 0.123 e. The zero-order chi connectivity index (χ0) is 9.84. The minimum atomic E-state index is -2.15. The predicted octanol–water partition coefficient (Wildman–Crippen LogP) is 0.350. The molecule has 0 saturated carbocycles. The minimum Gasteiger partial charge on any atom is -0.772 e. The summed E-state index contributed by atoms with van der Waals surface area (Å²) in [6.45, 7) is 0. The van der Waals surface area contributed by atoms with Crippen LogP contribution >= 0.6 is 0 Å². The van der Waals surface area contributed by atoms with E-state index in [0.717, 1.165) is 0 Å². The van der Waals surface area contributed by atoms with Gasteiger partial charge in [0, 0.05) is 11.3 Å². The Morgan fingerprint density at radius 1 is 1.54 bits per heavy atom. The first-order valence-electron chi connectivity index (χ1n) is 3.59. The lowest BCUT2D eigenvalue weighted by molar-refractivity contribution is 0.536. The topological polar surface area (TPSA) is 90.0 Å². The molecule has 0 radical (unpaired) electrons. The van der Waals surface area contributed by atoms with Crippen molar-refractivity contribution >= 4 is 16.9 Å². The summed E-state index contributed by atoms with van der Waals surface area (Å²) >= 11 is -2.15. The molecule has 5 heteroatoms. The van der Waals surface area contributed by atoms with Crippen LogP contribution in [0.25, 0.3) is 0 Å². The lowest BCUT2D eigenvalue weighted by Crippen LogP contribution is -2.14. The quantitative estimate of drug-likeness (QED) is 0.416. The third-order valence-corrected chi connectivity index (χ3v) is 2.13. The molecule has 0 saturated heterocycles. The summed E-state index contributed by atoms with van der Waals surface area (Å²) in [4.78, 5) is 0. The number of benzene rings is 1. The van der Waals surface area contributed by atoms with Crippen LogP contribution in [0.5, 0.6) is 0 Å². The normalized spacial score (nSPS) is 12.4.